The summed E-state index contributed by atoms with van der Waals surface area (Å²) in [6.07, 6.45) is 1.69. The molecule has 0 radical (unpaired) electrons. The van der Waals surface area contributed by atoms with Gasteiger partial charge in [0.2, 0.25) is 0 Å². The summed E-state index contributed by atoms with van der Waals surface area (Å²) in [6.45, 7) is 5.10. The molecule has 4 nitrogen and oxygen atoms in total. The fourth-order valence-electron chi connectivity index (χ4n) is 1.73. The third-order valence-electron chi connectivity index (χ3n) is 2.52. The largest absolute Gasteiger partial charge is 0.478 e. The van der Waals surface area contributed by atoms with E-state index in [1.165, 1.54) is 6.92 Å². The Morgan fingerprint density at radius 3 is 2.37 bits per heavy atom. The number of carbonyl (C=O) groups excluding carboxylic acids is 1. The van der Waals surface area contributed by atoms with Gasteiger partial charge >= 0.3 is 11.9 Å². The van der Waals surface area contributed by atoms with Gasteiger partial charge in [-0.3, -0.25) is 4.79 Å². The van der Waals surface area contributed by atoms with E-state index >= 15 is 0 Å². The Morgan fingerprint density at radius 2 is 1.84 bits per heavy atom. The highest BCUT2D eigenvalue weighted by Gasteiger charge is 2.22. The number of esters is 1. The van der Waals surface area contributed by atoms with E-state index in [0.29, 0.717) is 5.75 Å². The first-order valence-corrected chi connectivity index (χ1v) is 5.99. The molecule has 0 saturated heterocycles. The van der Waals surface area contributed by atoms with Crippen LogP contribution in [0.1, 0.15) is 27.2 Å². The number of hydrogen-bond donors (Lipinski definition) is 1. The number of allylic oxidation sites excluding steroid dienone is 1. The lowest BCUT2D eigenvalue weighted by Crippen LogP contribution is -2.20. The molecule has 0 spiro atoms. The van der Waals surface area contributed by atoms with Crippen LogP contribution in [-0.2, 0) is 9.59 Å². The number of carboxylic acids is 1. The van der Waals surface area contributed by atoms with E-state index < -0.39 is 11.4 Å². The van der Waals surface area contributed by atoms with Crippen molar-refractivity contribution in [3.63, 3.8) is 0 Å². The van der Waals surface area contributed by atoms with Gasteiger partial charge in [-0.05, 0) is 24.5 Å². The Bertz CT molecular complexity index is 486. The van der Waals surface area contributed by atoms with Gasteiger partial charge in [0.25, 0.3) is 0 Å². The second-order valence-electron chi connectivity index (χ2n) is 5.08. The molecule has 0 aliphatic heterocycles. The van der Waals surface area contributed by atoms with Crippen molar-refractivity contribution in [3.05, 3.63) is 42.0 Å². The van der Waals surface area contributed by atoms with E-state index in [1.807, 2.05) is 6.07 Å². The van der Waals surface area contributed by atoms with Gasteiger partial charge in [0.15, 0.2) is 0 Å². The number of para-hydroxylation sites is 1. The Hall–Kier alpha value is -2.10. The van der Waals surface area contributed by atoms with Crippen LogP contribution >= 0.6 is 0 Å². The molecular formula is C15H18O4. The van der Waals surface area contributed by atoms with Crippen molar-refractivity contribution >= 4 is 11.9 Å². The Kier molecular flexibility index (Phi) is 4.87. The highest BCUT2D eigenvalue weighted by atomic mass is 16.5. The van der Waals surface area contributed by atoms with Gasteiger partial charge in [-0.1, -0.05) is 38.1 Å². The Morgan fingerprint density at radius 1 is 1.26 bits per heavy atom. The number of aliphatic carboxylic acids is 1. The van der Waals surface area contributed by atoms with Crippen molar-refractivity contribution in [2.45, 2.75) is 27.2 Å². The third-order valence-corrected chi connectivity index (χ3v) is 2.52. The van der Waals surface area contributed by atoms with Crippen LogP contribution in [0.5, 0.6) is 5.75 Å². The molecule has 4 heteroatoms. The number of carboxylic acid groups (broad SMARTS) is 1. The Balaban J connectivity index is 2.66. The zero-order valence-corrected chi connectivity index (χ0v) is 11.3. The minimum atomic E-state index is -0.982. The summed E-state index contributed by atoms with van der Waals surface area (Å²) in [4.78, 5) is 22.5. The summed E-state index contributed by atoms with van der Waals surface area (Å²) in [5.74, 6) is -0.877. The van der Waals surface area contributed by atoms with Crippen LogP contribution in [0.3, 0.4) is 0 Å². The van der Waals surface area contributed by atoms with Gasteiger partial charge in [0.05, 0.1) is 6.42 Å². The Labute approximate surface area is 112 Å². The third kappa shape index (κ3) is 5.38. The van der Waals surface area contributed by atoms with Crippen LogP contribution in [-0.4, -0.2) is 17.0 Å². The van der Waals surface area contributed by atoms with Crippen molar-refractivity contribution < 1.29 is 19.4 Å². The second-order valence-corrected chi connectivity index (χ2v) is 5.08. The fourth-order valence-corrected chi connectivity index (χ4v) is 1.73. The SMILES string of the molecule is C/C(=C\C(C)(C)CC(=O)Oc1ccccc1)C(=O)O. The van der Waals surface area contributed by atoms with Gasteiger partial charge in [-0.15, -0.1) is 0 Å². The van der Waals surface area contributed by atoms with Crippen molar-refractivity contribution in [1.82, 2.24) is 0 Å². The molecule has 0 aliphatic rings. The molecule has 1 aromatic carbocycles. The van der Waals surface area contributed by atoms with Crippen molar-refractivity contribution in [2.75, 3.05) is 0 Å². The molecule has 0 heterocycles. The minimum absolute atomic E-state index is 0.118. The van der Waals surface area contributed by atoms with Gasteiger partial charge in [0.1, 0.15) is 5.75 Å². The number of carbonyl (C=O) groups is 2. The quantitative estimate of drug-likeness (QED) is 0.503. The molecule has 102 valence electrons. The first-order chi connectivity index (χ1) is 8.80. The lowest BCUT2D eigenvalue weighted by Gasteiger charge is -2.19. The normalized spacial score (nSPS) is 12.1. The molecule has 0 saturated carbocycles. The van der Waals surface area contributed by atoms with E-state index in [0.717, 1.165) is 0 Å². The van der Waals surface area contributed by atoms with Gasteiger partial charge < -0.3 is 9.84 Å². The summed E-state index contributed by atoms with van der Waals surface area (Å²) < 4.78 is 5.18. The monoisotopic (exact) mass is 262 g/mol. The average molecular weight is 262 g/mol. The smallest absolute Gasteiger partial charge is 0.330 e. The summed E-state index contributed by atoms with van der Waals surface area (Å²) in [5.41, 5.74) is -0.341. The summed E-state index contributed by atoms with van der Waals surface area (Å²) in [6, 6.07) is 8.79. The van der Waals surface area contributed by atoms with Crippen LogP contribution < -0.4 is 4.74 Å². The molecule has 1 N–H and O–H groups in total. The molecule has 0 atom stereocenters. The highest BCUT2D eigenvalue weighted by molar-refractivity contribution is 5.86. The van der Waals surface area contributed by atoms with Gasteiger partial charge in [-0.2, -0.15) is 0 Å². The summed E-state index contributed by atoms with van der Waals surface area (Å²) in [5, 5.41) is 8.83. The molecule has 0 aromatic heterocycles. The predicted molar refractivity (Wildman–Crippen MR) is 71.9 cm³/mol. The van der Waals surface area contributed by atoms with Crippen LogP contribution in [0.15, 0.2) is 42.0 Å². The number of ether oxygens (including phenoxy) is 1. The van der Waals surface area contributed by atoms with E-state index in [9.17, 15) is 9.59 Å². The summed E-state index contributed by atoms with van der Waals surface area (Å²) in [7, 11) is 0. The lowest BCUT2D eigenvalue weighted by molar-refractivity contribution is -0.136. The average Bonchev–Trinajstić information content (AvgIpc) is 2.28. The van der Waals surface area contributed by atoms with Gasteiger partial charge in [-0.25, -0.2) is 4.79 Å². The van der Waals surface area contributed by atoms with Gasteiger partial charge in [0, 0.05) is 5.57 Å². The van der Waals surface area contributed by atoms with E-state index in [-0.39, 0.29) is 18.0 Å². The molecule has 0 amide bonds. The number of benzene rings is 1. The van der Waals surface area contributed by atoms with Crippen LogP contribution in [0.4, 0.5) is 0 Å². The zero-order valence-electron chi connectivity index (χ0n) is 11.3. The topological polar surface area (TPSA) is 63.6 Å². The molecular weight excluding hydrogens is 244 g/mol. The van der Waals surface area contributed by atoms with Crippen molar-refractivity contribution in [3.8, 4) is 5.75 Å². The maximum absolute atomic E-state index is 11.8. The molecule has 0 fully saturated rings. The lowest BCUT2D eigenvalue weighted by atomic mass is 9.87. The maximum Gasteiger partial charge on any atom is 0.330 e. The molecule has 0 bridgehead atoms. The van der Waals surface area contributed by atoms with Crippen molar-refractivity contribution in [1.29, 1.82) is 0 Å². The highest BCUT2D eigenvalue weighted by Crippen LogP contribution is 2.25. The molecule has 1 rings (SSSR count). The molecule has 0 aliphatic carbocycles. The first kappa shape index (κ1) is 15.0. The summed E-state index contributed by atoms with van der Waals surface area (Å²) >= 11 is 0. The van der Waals surface area contributed by atoms with E-state index in [1.54, 1.807) is 44.2 Å². The van der Waals surface area contributed by atoms with Crippen LogP contribution in [0, 0.1) is 5.41 Å². The minimum Gasteiger partial charge on any atom is -0.478 e. The predicted octanol–water partition coefficient (Wildman–Crippen LogP) is 3.04. The zero-order chi connectivity index (χ0) is 14.5. The number of rotatable bonds is 5. The maximum atomic E-state index is 11.8. The number of hydrogen-bond acceptors (Lipinski definition) is 3. The first-order valence-electron chi connectivity index (χ1n) is 5.99. The second kappa shape index (κ2) is 6.18. The standard InChI is InChI=1S/C15H18O4/c1-11(14(17)18)9-15(2,3)10-13(16)19-12-7-5-4-6-8-12/h4-9H,10H2,1-3H3,(H,17,18)/b11-9+. The molecule has 0 unspecified atom stereocenters. The molecule has 19 heavy (non-hydrogen) atoms. The fraction of sp³-hybridized carbons (Fsp3) is 0.333. The molecule has 1 aromatic rings. The van der Waals surface area contributed by atoms with Crippen LogP contribution in [0.2, 0.25) is 0 Å². The van der Waals surface area contributed by atoms with E-state index in [4.69, 9.17) is 9.84 Å². The van der Waals surface area contributed by atoms with E-state index in [2.05, 4.69) is 0 Å². The van der Waals surface area contributed by atoms with Crippen molar-refractivity contribution in [2.24, 2.45) is 5.41 Å². The van der Waals surface area contributed by atoms with Crippen LogP contribution in [0.25, 0.3) is 0 Å².